The maximum absolute atomic E-state index is 11.0. The van der Waals surface area contributed by atoms with Crippen LogP contribution in [0.2, 0.25) is 5.02 Å². The van der Waals surface area contributed by atoms with Crippen LogP contribution in [0.4, 0.5) is 5.69 Å². The molecule has 2 nitrogen and oxygen atoms in total. The first-order valence-corrected chi connectivity index (χ1v) is 4.93. The Kier molecular flexibility index (Phi) is 2.52. The van der Waals surface area contributed by atoms with E-state index in [1.54, 1.807) is 24.5 Å². The summed E-state index contributed by atoms with van der Waals surface area (Å²) in [6, 6.07) is 4.95. The van der Waals surface area contributed by atoms with Crippen molar-refractivity contribution in [2.75, 3.05) is 12.0 Å². The molecule has 0 saturated heterocycles. The van der Waals surface area contributed by atoms with Gasteiger partial charge in [0.1, 0.15) is 0 Å². The molecule has 1 aromatic carbocycles. The van der Waals surface area contributed by atoms with E-state index in [2.05, 4.69) is 0 Å². The molecule has 0 fully saturated rings. The number of halogens is 1. The van der Waals surface area contributed by atoms with Crippen LogP contribution in [0.3, 0.4) is 0 Å². The minimum absolute atomic E-state index is 0.485. The van der Waals surface area contributed by atoms with Gasteiger partial charge in [-0.1, -0.05) is 11.6 Å². The van der Waals surface area contributed by atoms with Gasteiger partial charge in [0.15, 0.2) is 0 Å². The molecule has 4 heteroatoms. The number of nitrogen functional groups attached to an aromatic ring is 1. The van der Waals surface area contributed by atoms with Crippen LogP contribution < -0.4 is 5.73 Å². The fraction of sp³-hybridized carbons (Fsp3) is 0.143. The van der Waals surface area contributed by atoms with Gasteiger partial charge in [-0.15, -0.1) is 0 Å². The van der Waals surface area contributed by atoms with Gasteiger partial charge in [0.2, 0.25) is 0 Å². The fourth-order valence-electron chi connectivity index (χ4n) is 0.781. The molecule has 1 rings (SSSR count). The summed E-state index contributed by atoms with van der Waals surface area (Å²) in [5.41, 5.74) is 6.03. The van der Waals surface area contributed by atoms with E-state index in [4.69, 9.17) is 17.3 Å². The molecule has 0 bridgehead atoms. The van der Waals surface area contributed by atoms with Crippen molar-refractivity contribution >= 4 is 28.1 Å². The summed E-state index contributed by atoms with van der Waals surface area (Å²) in [6.07, 6.45) is 1.58. The third-order valence-corrected chi connectivity index (χ3v) is 2.51. The van der Waals surface area contributed by atoms with E-state index in [-0.39, 0.29) is 0 Å². The van der Waals surface area contributed by atoms with Gasteiger partial charge < -0.3 is 5.73 Å². The Bertz CT molecular complexity index is 300. The van der Waals surface area contributed by atoms with Gasteiger partial charge in [0, 0.05) is 17.0 Å². The molecule has 0 radical (unpaired) electrons. The molecular weight excluding hydrogens is 182 g/mol. The van der Waals surface area contributed by atoms with Gasteiger partial charge in [-0.05, 0) is 18.2 Å². The lowest BCUT2D eigenvalue weighted by Crippen LogP contribution is -1.95. The Labute approximate surface area is 72.8 Å². The third kappa shape index (κ3) is 1.94. The van der Waals surface area contributed by atoms with Crippen LogP contribution in [-0.4, -0.2) is 10.5 Å². The second-order valence-electron chi connectivity index (χ2n) is 2.14. The van der Waals surface area contributed by atoms with Crippen molar-refractivity contribution in [1.29, 1.82) is 0 Å². The van der Waals surface area contributed by atoms with Crippen LogP contribution in [0.15, 0.2) is 23.1 Å². The van der Waals surface area contributed by atoms with E-state index in [0.29, 0.717) is 15.6 Å². The zero-order valence-electron chi connectivity index (χ0n) is 6.00. The second-order valence-corrected chi connectivity index (χ2v) is 3.92. The Balaban J connectivity index is 3.20. The van der Waals surface area contributed by atoms with Gasteiger partial charge in [-0.25, -0.2) is 0 Å². The molecular formula is C7H8ClNOS. The molecule has 0 unspecified atom stereocenters. The van der Waals surface area contributed by atoms with Crippen LogP contribution in [0, 0.1) is 0 Å². The molecule has 0 aliphatic heterocycles. The maximum Gasteiger partial charge on any atom is 0.0615 e. The minimum Gasteiger partial charge on any atom is -0.398 e. The topological polar surface area (TPSA) is 43.1 Å². The maximum atomic E-state index is 11.0. The first-order chi connectivity index (χ1) is 5.11. The van der Waals surface area contributed by atoms with Crippen molar-refractivity contribution in [3.05, 3.63) is 23.2 Å². The number of anilines is 1. The Hall–Kier alpha value is -0.540. The SMILES string of the molecule is C[S@](=O)c1ccc(Cl)cc1N. The predicted octanol–water partition coefficient (Wildman–Crippen LogP) is 1.66. The number of nitrogens with two attached hydrogens (primary N) is 1. The summed E-state index contributed by atoms with van der Waals surface area (Å²) >= 11 is 5.64. The summed E-state index contributed by atoms with van der Waals surface area (Å²) in [6.45, 7) is 0. The van der Waals surface area contributed by atoms with Gasteiger partial charge >= 0.3 is 0 Å². The molecule has 1 atom stereocenters. The standard InChI is InChI=1S/C7H8ClNOS/c1-11(10)7-3-2-5(8)4-6(7)9/h2-4H,9H2,1H3/t11-/m0/s1. The van der Waals surface area contributed by atoms with Crippen LogP contribution in [0.1, 0.15) is 0 Å². The average molecular weight is 190 g/mol. The zero-order valence-corrected chi connectivity index (χ0v) is 7.58. The third-order valence-electron chi connectivity index (χ3n) is 1.28. The van der Waals surface area contributed by atoms with E-state index in [1.165, 1.54) is 0 Å². The highest BCUT2D eigenvalue weighted by Gasteiger charge is 2.02. The minimum atomic E-state index is -1.03. The normalized spacial score (nSPS) is 12.9. The van der Waals surface area contributed by atoms with Crippen molar-refractivity contribution < 1.29 is 4.21 Å². The largest absolute Gasteiger partial charge is 0.398 e. The molecule has 0 heterocycles. The highest BCUT2D eigenvalue weighted by molar-refractivity contribution is 7.84. The van der Waals surface area contributed by atoms with Crippen molar-refractivity contribution in [3.8, 4) is 0 Å². The summed E-state index contributed by atoms with van der Waals surface area (Å²) in [4.78, 5) is 0.634. The summed E-state index contributed by atoms with van der Waals surface area (Å²) in [5.74, 6) is 0. The van der Waals surface area contributed by atoms with E-state index in [1.807, 2.05) is 0 Å². The van der Waals surface area contributed by atoms with Crippen LogP contribution in [0.25, 0.3) is 0 Å². The van der Waals surface area contributed by atoms with Crippen molar-refractivity contribution in [3.63, 3.8) is 0 Å². The fourth-order valence-corrected chi connectivity index (χ4v) is 1.61. The average Bonchev–Trinajstić information content (AvgIpc) is 1.85. The lowest BCUT2D eigenvalue weighted by molar-refractivity contribution is 0.687. The summed E-state index contributed by atoms with van der Waals surface area (Å²) < 4.78 is 11.0. The molecule has 0 aliphatic carbocycles. The highest BCUT2D eigenvalue weighted by atomic mass is 35.5. The predicted molar refractivity (Wildman–Crippen MR) is 48.2 cm³/mol. The number of hydrogen-bond acceptors (Lipinski definition) is 2. The van der Waals surface area contributed by atoms with E-state index in [0.717, 1.165) is 0 Å². The Morgan fingerprint density at radius 1 is 1.55 bits per heavy atom. The molecule has 0 amide bonds. The van der Waals surface area contributed by atoms with E-state index in [9.17, 15) is 4.21 Å². The monoisotopic (exact) mass is 189 g/mol. The highest BCUT2D eigenvalue weighted by Crippen LogP contribution is 2.19. The summed E-state index contributed by atoms with van der Waals surface area (Å²) in [7, 11) is -1.03. The number of rotatable bonds is 1. The van der Waals surface area contributed by atoms with Gasteiger partial charge in [-0.2, -0.15) is 0 Å². The quantitative estimate of drug-likeness (QED) is 0.683. The van der Waals surface area contributed by atoms with Gasteiger partial charge in [-0.3, -0.25) is 4.21 Å². The van der Waals surface area contributed by atoms with E-state index < -0.39 is 10.8 Å². The van der Waals surface area contributed by atoms with Crippen LogP contribution in [0.5, 0.6) is 0 Å². The Morgan fingerprint density at radius 2 is 2.18 bits per heavy atom. The number of benzene rings is 1. The molecule has 60 valence electrons. The molecule has 0 aliphatic rings. The lowest BCUT2D eigenvalue weighted by Gasteiger charge is -2.00. The van der Waals surface area contributed by atoms with Crippen LogP contribution >= 0.6 is 11.6 Å². The smallest absolute Gasteiger partial charge is 0.0615 e. The lowest BCUT2D eigenvalue weighted by atomic mass is 10.3. The molecule has 11 heavy (non-hydrogen) atoms. The second kappa shape index (κ2) is 3.24. The molecule has 0 aromatic heterocycles. The van der Waals surface area contributed by atoms with Gasteiger partial charge in [0.25, 0.3) is 0 Å². The summed E-state index contributed by atoms with van der Waals surface area (Å²) in [5, 5.41) is 0.566. The van der Waals surface area contributed by atoms with Crippen molar-refractivity contribution in [2.24, 2.45) is 0 Å². The molecule has 0 spiro atoms. The molecule has 1 aromatic rings. The van der Waals surface area contributed by atoms with Crippen molar-refractivity contribution in [1.82, 2.24) is 0 Å². The number of hydrogen-bond donors (Lipinski definition) is 1. The molecule has 2 N–H and O–H groups in total. The Morgan fingerprint density at radius 3 is 2.64 bits per heavy atom. The van der Waals surface area contributed by atoms with Crippen LogP contribution in [-0.2, 0) is 10.8 Å². The zero-order chi connectivity index (χ0) is 8.43. The first-order valence-electron chi connectivity index (χ1n) is 2.99. The molecule has 0 saturated carbocycles. The first kappa shape index (κ1) is 8.56. The van der Waals surface area contributed by atoms with Crippen molar-refractivity contribution in [2.45, 2.75) is 4.90 Å². The van der Waals surface area contributed by atoms with Gasteiger partial charge in [0.05, 0.1) is 15.7 Å². The van der Waals surface area contributed by atoms with E-state index >= 15 is 0 Å².